The van der Waals surface area contributed by atoms with E-state index in [9.17, 15) is 9.90 Å². The van der Waals surface area contributed by atoms with Gasteiger partial charge in [0.2, 0.25) is 5.88 Å². The summed E-state index contributed by atoms with van der Waals surface area (Å²) in [6.45, 7) is 0. The molecule has 0 unspecified atom stereocenters. The number of para-hydroxylation sites is 1. The normalized spacial score (nSPS) is 12.9. The molecule has 2 N–H and O–H groups in total. The minimum Gasteiger partial charge on any atom is -0.492 e. The number of rotatable bonds is 3. The van der Waals surface area contributed by atoms with Gasteiger partial charge in [-0.25, -0.2) is 4.99 Å². The minimum atomic E-state index is -0.392. The monoisotopic (exact) mass is 433 g/mol. The number of anilines is 2. The van der Waals surface area contributed by atoms with Crippen LogP contribution in [0.5, 0.6) is 5.88 Å². The zero-order valence-corrected chi connectivity index (χ0v) is 15.6. The molecule has 1 aromatic heterocycles. The number of thiazole rings is 1. The Morgan fingerprint density at radius 1 is 1.20 bits per heavy atom. The van der Waals surface area contributed by atoms with Crippen LogP contribution < -0.4 is 15.9 Å². The number of carbonyl (C=O) groups excluding carboxylic acids is 1. The van der Waals surface area contributed by atoms with Gasteiger partial charge in [0.25, 0.3) is 5.91 Å². The maximum absolute atomic E-state index is 12.3. The third-order valence-corrected chi connectivity index (χ3v) is 5.42. The standard InChI is InChI=1S/C17H9BrClN3O2S/c18-8-5-6-11-9(7-8)13(15(23)20-11)14-16(24)22-17(25-14)21-12-4-2-1-3-10(12)19/h1-7,24H,(H,21,22). The van der Waals surface area contributed by atoms with Crippen LogP contribution in [0.2, 0.25) is 5.02 Å². The lowest BCUT2D eigenvalue weighted by Gasteiger charge is -2.03. The predicted molar refractivity (Wildman–Crippen MR) is 101 cm³/mol. The van der Waals surface area contributed by atoms with Gasteiger partial charge in [0.1, 0.15) is 4.88 Å². The van der Waals surface area contributed by atoms with Crippen molar-refractivity contribution < 1.29 is 9.90 Å². The number of nitrogens with one attached hydrogen (secondary N) is 1. The quantitative estimate of drug-likeness (QED) is 0.663. The average Bonchev–Trinajstić information content (AvgIpc) is 3.08. The van der Waals surface area contributed by atoms with Gasteiger partial charge in [-0.3, -0.25) is 4.79 Å². The summed E-state index contributed by atoms with van der Waals surface area (Å²) in [7, 11) is 0. The van der Waals surface area contributed by atoms with Crippen molar-refractivity contribution in [3.8, 4) is 5.88 Å². The summed E-state index contributed by atoms with van der Waals surface area (Å²) in [6.07, 6.45) is 0. The van der Waals surface area contributed by atoms with E-state index in [2.05, 4.69) is 31.2 Å². The van der Waals surface area contributed by atoms with E-state index in [1.165, 1.54) is 11.3 Å². The van der Waals surface area contributed by atoms with Gasteiger partial charge >= 0.3 is 0 Å². The molecule has 0 atom stereocenters. The Labute approximate surface area is 159 Å². The van der Waals surface area contributed by atoms with Crippen LogP contribution >= 0.6 is 38.9 Å². The van der Waals surface area contributed by atoms with Gasteiger partial charge in [-0.05, 0) is 30.3 Å². The van der Waals surface area contributed by atoms with Gasteiger partial charge in [-0.1, -0.05) is 51.0 Å². The molecule has 0 radical (unpaired) electrons. The van der Waals surface area contributed by atoms with E-state index in [-0.39, 0.29) is 5.88 Å². The Hall–Kier alpha value is -2.22. The first-order valence-corrected chi connectivity index (χ1v) is 9.16. The van der Waals surface area contributed by atoms with Crippen LogP contribution in [-0.4, -0.2) is 16.0 Å². The molecule has 4 rings (SSSR count). The van der Waals surface area contributed by atoms with Gasteiger partial charge in [0.15, 0.2) is 5.13 Å². The second-order valence-electron chi connectivity index (χ2n) is 5.23. The number of hydrogen-bond donors (Lipinski definition) is 2. The van der Waals surface area contributed by atoms with E-state index in [1.54, 1.807) is 24.3 Å². The minimum absolute atomic E-state index is 0.217. The van der Waals surface area contributed by atoms with E-state index in [1.807, 2.05) is 18.2 Å². The molecule has 1 amide bonds. The van der Waals surface area contributed by atoms with Crippen LogP contribution in [0.4, 0.5) is 10.8 Å². The van der Waals surface area contributed by atoms with Crippen LogP contribution in [0.3, 0.4) is 0 Å². The Balaban J connectivity index is 1.82. The number of nitrogens with zero attached hydrogens (tertiary/aromatic N) is 2. The predicted octanol–water partition coefficient (Wildman–Crippen LogP) is 3.37. The lowest BCUT2D eigenvalue weighted by molar-refractivity contribution is -0.112. The molecular weight excluding hydrogens is 426 g/mol. The summed E-state index contributed by atoms with van der Waals surface area (Å²) < 4.78 is 0.826. The van der Waals surface area contributed by atoms with Gasteiger partial charge in [-0.2, -0.15) is 4.98 Å². The molecule has 0 saturated heterocycles. The zero-order valence-electron chi connectivity index (χ0n) is 12.5. The van der Waals surface area contributed by atoms with Crippen molar-refractivity contribution in [1.82, 2.24) is 4.98 Å². The molecule has 0 bridgehead atoms. The highest BCUT2D eigenvalue weighted by atomic mass is 79.9. The number of fused-ring (bicyclic) bond motifs is 1. The van der Waals surface area contributed by atoms with E-state index >= 15 is 0 Å². The highest BCUT2D eigenvalue weighted by Gasteiger charge is 2.25. The van der Waals surface area contributed by atoms with Crippen LogP contribution in [0.25, 0.3) is 5.57 Å². The molecule has 3 aromatic rings. The molecule has 0 aliphatic carbocycles. The highest BCUT2D eigenvalue weighted by molar-refractivity contribution is 9.10. The first kappa shape index (κ1) is 16.3. The molecule has 2 aromatic carbocycles. The molecule has 1 aliphatic rings. The van der Waals surface area contributed by atoms with Crippen molar-refractivity contribution in [2.45, 2.75) is 0 Å². The van der Waals surface area contributed by atoms with Crippen LogP contribution in [0.1, 0.15) is 4.88 Å². The number of aromatic hydroxyl groups is 1. The van der Waals surface area contributed by atoms with E-state index in [0.717, 1.165) is 4.47 Å². The molecule has 124 valence electrons. The summed E-state index contributed by atoms with van der Waals surface area (Å²) in [5.41, 5.74) is 1.01. The van der Waals surface area contributed by atoms with Crippen molar-refractivity contribution in [2.75, 3.05) is 5.32 Å². The number of hydrogen-bond acceptors (Lipinski definition) is 5. The third-order valence-electron chi connectivity index (χ3n) is 3.62. The van der Waals surface area contributed by atoms with E-state index < -0.39 is 5.91 Å². The van der Waals surface area contributed by atoms with Gasteiger partial charge in [0, 0.05) is 9.69 Å². The first-order valence-electron chi connectivity index (χ1n) is 7.17. The molecule has 0 spiro atoms. The van der Waals surface area contributed by atoms with Crippen LogP contribution in [-0.2, 0) is 4.79 Å². The van der Waals surface area contributed by atoms with Crippen molar-refractivity contribution in [2.24, 2.45) is 4.99 Å². The zero-order chi connectivity index (χ0) is 17.6. The topological polar surface area (TPSA) is 74.6 Å². The molecule has 2 heterocycles. The summed E-state index contributed by atoms with van der Waals surface area (Å²) in [4.78, 5) is 20.8. The number of amides is 1. The fourth-order valence-corrected chi connectivity index (χ4v) is 3.98. The maximum Gasteiger partial charge on any atom is 0.279 e. The fraction of sp³-hybridized carbons (Fsp3) is 0. The van der Waals surface area contributed by atoms with Crippen molar-refractivity contribution in [1.29, 1.82) is 0 Å². The molecular formula is C17H9BrClN3O2S. The Bertz CT molecular complexity index is 1140. The third kappa shape index (κ3) is 2.95. The summed E-state index contributed by atoms with van der Waals surface area (Å²) >= 11 is 10.7. The highest BCUT2D eigenvalue weighted by Crippen LogP contribution is 2.36. The SMILES string of the molecule is O=C1N=c2ccc(Br)cc2=C1c1sc(Nc2ccccc2Cl)nc1O. The van der Waals surface area contributed by atoms with Crippen LogP contribution in [0, 0.1) is 0 Å². The molecule has 8 heteroatoms. The number of carbonyl (C=O) groups is 1. The van der Waals surface area contributed by atoms with Crippen LogP contribution in [0.15, 0.2) is 51.9 Å². The number of benzene rings is 2. The molecule has 1 aliphatic heterocycles. The largest absolute Gasteiger partial charge is 0.492 e. The van der Waals surface area contributed by atoms with Crippen molar-refractivity contribution >= 4 is 61.2 Å². The summed E-state index contributed by atoms with van der Waals surface area (Å²) in [5, 5.41) is 15.5. The Morgan fingerprint density at radius 3 is 2.80 bits per heavy atom. The molecule has 5 nitrogen and oxygen atoms in total. The van der Waals surface area contributed by atoms with Crippen molar-refractivity contribution in [3.63, 3.8) is 0 Å². The van der Waals surface area contributed by atoms with E-state index in [0.29, 0.717) is 36.9 Å². The maximum atomic E-state index is 12.3. The lowest BCUT2D eigenvalue weighted by Crippen LogP contribution is -2.22. The first-order chi connectivity index (χ1) is 12.0. The van der Waals surface area contributed by atoms with Gasteiger partial charge in [0.05, 0.1) is 21.6 Å². The molecule has 0 fully saturated rings. The summed E-state index contributed by atoms with van der Waals surface area (Å²) in [5.74, 6) is -0.609. The van der Waals surface area contributed by atoms with Crippen molar-refractivity contribution in [3.05, 3.63) is 67.4 Å². The smallest absolute Gasteiger partial charge is 0.279 e. The Kier molecular flexibility index (Phi) is 4.07. The Morgan fingerprint density at radius 2 is 2.00 bits per heavy atom. The summed E-state index contributed by atoms with van der Waals surface area (Å²) in [6, 6.07) is 12.6. The second-order valence-corrected chi connectivity index (χ2v) is 7.55. The second kappa shape index (κ2) is 6.25. The fourth-order valence-electron chi connectivity index (χ4n) is 2.51. The number of aromatic nitrogens is 1. The van der Waals surface area contributed by atoms with Gasteiger partial charge in [-0.15, -0.1) is 0 Å². The molecule has 25 heavy (non-hydrogen) atoms. The van der Waals surface area contributed by atoms with E-state index in [4.69, 9.17) is 11.6 Å². The molecule has 0 saturated carbocycles. The van der Waals surface area contributed by atoms with Gasteiger partial charge < -0.3 is 10.4 Å². The average molecular weight is 435 g/mol. The number of halogens is 2. The lowest BCUT2D eigenvalue weighted by atomic mass is 10.1.